The average molecular weight is 271 g/mol. The van der Waals surface area contributed by atoms with Crippen LogP contribution in [0, 0.1) is 0 Å². The topological polar surface area (TPSA) is 87.6 Å². The highest BCUT2D eigenvalue weighted by atomic mass is 16.4. The normalized spacial score (nSPS) is 11.8. The molecule has 0 bridgehead atoms. The van der Waals surface area contributed by atoms with Crippen LogP contribution in [0.25, 0.3) is 0 Å². The van der Waals surface area contributed by atoms with Gasteiger partial charge in [-0.05, 0) is 24.7 Å². The Morgan fingerprint density at radius 1 is 1.25 bits per heavy atom. The smallest absolute Gasteiger partial charge is 0.170 e. The van der Waals surface area contributed by atoms with E-state index in [-0.39, 0.29) is 5.84 Å². The van der Waals surface area contributed by atoms with Crippen molar-refractivity contribution in [3.05, 3.63) is 59.7 Å². The molecule has 3 N–H and O–H groups in total. The fraction of sp³-hybridized carbons (Fsp3) is 0.214. The van der Waals surface area contributed by atoms with Crippen LogP contribution in [-0.2, 0) is 13.1 Å². The first-order valence-electron chi connectivity index (χ1n) is 6.20. The van der Waals surface area contributed by atoms with Crippen LogP contribution in [-0.4, -0.2) is 33.0 Å². The predicted molar refractivity (Wildman–Crippen MR) is 76.2 cm³/mol. The summed E-state index contributed by atoms with van der Waals surface area (Å²) in [6.45, 7) is 1.39. The van der Waals surface area contributed by atoms with Crippen LogP contribution in [0.2, 0.25) is 0 Å². The zero-order valence-corrected chi connectivity index (χ0v) is 11.3. The molecule has 104 valence electrons. The van der Waals surface area contributed by atoms with Crippen molar-refractivity contribution in [3.63, 3.8) is 0 Å². The van der Waals surface area contributed by atoms with E-state index in [2.05, 4.69) is 20.0 Å². The van der Waals surface area contributed by atoms with Gasteiger partial charge in [0.1, 0.15) is 5.82 Å². The molecule has 6 heteroatoms. The predicted octanol–water partition coefficient (Wildman–Crippen LogP) is 1.20. The maximum atomic E-state index is 8.69. The van der Waals surface area contributed by atoms with Crippen LogP contribution >= 0.6 is 0 Å². The number of rotatable bonds is 5. The summed E-state index contributed by atoms with van der Waals surface area (Å²) in [7, 11) is 1.99. The van der Waals surface area contributed by atoms with Crippen molar-refractivity contribution in [2.75, 3.05) is 7.05 Å². The second kappa shape index (κ2) is 6.63. The van der Waals surface area contributed by atoms with Crippen LogP contribution < -0.4 is 5.73 Å². The van der Waals surface area contributed by atoms with Crippen LogP contribution in [0.4, 0.5) is 0 Å². The number of nitrogens with two attached hydrogens (primary N) is 1. The van der Waals surface area contributed by atoms with Gasteiger partial charge < -0.3 is 10.9 Å². The second-order valence-corrected chi connectivity index (χ2v) is 4.52. The molecule has 0 radical (unpaired) electrons. The number of nitrogens with zero attached hydrogens (tertiary/aromatic N) is 4. The van der Waals surface area contributed by atoms with Crippen molar-refractivity contribution >= 4 is 5.84 Å². The van der Waals surface area contributed by atoms with E-state index in [1.165, 1.54) is 0 Å². The Bertz CT molecular complexity index is 585. The highest BCUT2D eigenvalue weighted by molar-refractivity contribution is 5.97. The monoisotopic (exact) mass is 271 g/mol. The quantitative estimate of drug-likeness (QED) is 0.369. The van der Waals surface area contributed by atoms with Gasteiger partial charge in [0.05, 0.1) is 6.54 Å². The Kier molecular flexibility index (Phi) is 4.62. The summed E-state index contributed by atoms with van der Waals surface area (Å²) in [6.07, 6.45) is 3.46. The molecule has 6 nitrogen and oxygen atoms in total. The zero-order chi connectivity index (χ0) is 14.4. The largest absolute Gasteiger partial charge is 0.409 e. The number of aromatic nitrogens is 2. The van der Waals surface area contributed by atoms with E-state index in [1.54, 1.807) is 24.5 Å². The minimum absolute atomic E-state index is 0.112. The highest BCUT2D eigenvalue weighted by Gasteiger charge is 2.05. The number of benzene rings is 1. The molecule has 0 unspecified atom stereocenters. The number of oxime groups is 1. The SMILES string of the molecule is CN(Cc1cccc(C(N)=NO)c1)Cc1ncccn1. The van der Waals surface area contributed by atoms with Gasteiger partial charge in [-0.15, -0.1) is 0 Å². The number of hydrogen-bond donors (Lipinski definition) is 2. The summed E-state index contributed by atoms with van der Waals surface area (Å²) >= 11 is 0. The fourth-order valence-electron chi connectivity index (χ4n) is 1.91. The van der Waals surface area contributed by atoms with Crippen molar-refractivity contribution < 1.29 is 5.21 Å². The van der Waals surface area contributed by atoms with Gasteiger partial charge in [0, 0.05) is 24.5 Å². The lowest BCUT2D eigenvalue weighted by Crippen LogP contribution is -2.19. The second-order valence-electron chi connectivity index (χ2n) is 4.52. The molecule has 1 heterocycles. The van der Waals surface area contributed by atoms with E-state index in [4.69, 9.17) is 10.9 Å². The first-order valence-corrected chi connectivity index (χ1v) is 6.20. The van der Waals surface area contributed by atoms with Crippen LogP contribution in [0.3, 0.4) is 0 Å². The molecule has 0 fully saturated rings. The maximum absolute atomic E-state index is 8.69. The molecular formula is C14H17N5O. The molecule has 0 aliphatic heterocycles. The summed E-state index contributed by atoms with van der Waals surface area (Å²) in [5.74, 6) is 0.892. The van der Waals surface area contributed by atoms with Crippen molar-refractivity contribution in [2.45, 2.75) is 13.1 Å². The third-order valence-corrected chi connectivity index (χ3v) is 2.81. The molecule has 0 aliphatic rings. The summed E-state index contributed by atoms with van der Waals surface area (Å²) < 4.78 is 0. The Morgan fingerprint density at radius 2 is 2.00 bits per heavy atom. The van der Waals surface area contributed by atoms with Crippen LogP contribution in [0.15, 0.2) is 47.9 Å². The van der Waals surface area contributed by atoms with Crippen molar-refractivity contribution in [3.8, 4) is 0 Å². The van der Waals surface area contributed by atoms with Gasteiger partial charge in [-0.2, -0.15) is 0 Å². The minimum atomic E-state index is 0.112. The third-order valence-electron chi connectivity index (χ3n) is 2.81. The Hall–Kier alpha value is -2.47. The molecular weight excluding hydrogens is 254 g/mol. The lowest BCUT2D eigenvalue weighted by Gasteiger charge is -2.16. The molecule has 0 aliphatic carbocycles. The zero-order valence-electron chi connectivity index (χ0n) is 11.3. The molecule has 0 amide bonds. The summed E-state index contributed by atoms with van der Waals surface area (Å²) in [5, 5.41) is 11.7. The molecule has 0 spiro atoms. The van der Waals surface area contributed by atoms with Gasteiger partial charge in [-0.1, -0.05) is 23.4 Å². The van der Waals surface area contributed by atoms with Crippen molar-refractivity contribution in [1.82, 2.24) is 14.9 Å². The van der Waals surface area contributed by atoms with Crippen molar-refractivity contribution in [2.24, 2.45) is 10.9 Å². The maximum Gasteiger partial charge on any atom is 0.170 e. The molecule has 20 heavy (non-hydrogen) atoms. The fourth-order valence-corrected chi connectivity index (χ4v) is 1.91. The minimum Gasteiger partial charge on any atom is -0.409 e. The Labute approximate surface area is 117 Å². The summed E-state index contributed by atoms with van der Waals surface area (Å²) in [4.78, 5) is 10.5. The molecule has 2 aromatic rings. The van der Waals surface area contributed by atoms with E-state index in [0.29, 0.717) is 12.1 Å². The standard InChI is InChI=1S/C14H17N5O/c1-19(10-13-16-6-3-7-17-13)9-11-4-2-5-12(8-11)14(15)18-20/h2-8,20H,9-10H2,1H3,(H2,15,18). The molecule has 0 atom stereocenters. The van der Waals surface area contributed by atoms with Crippen LogP contribution in [0.5, 0.6) is 0 Å². The first-order chi connectivity index (χ1) is 9.69. The number of hydrogen-bond acceptors (Lipinski definition) is 5. The number of amidine groups is 1. The van der Waals surface area contributed by atoms with E-state index < -0.39 is 0 Å². The molecule has 0 saturated carbocycles. The van der Waals surface area contributed by atoms with E-state index in [1.807, 2.05) is 25.2 Å². The van der Waals surface area contributed by atoms with E-state index >= 15 is 0 Å². The lowest BCUT2D eigenvalue weighted by molar-refractivity contribution is 0.310. The van der Waals surface area contributed by atoms with E-state index in [0.717, 1.165) is 17.9 Å². The summed E-state index contributed by atoms with van der Waals surface area (Å²) in [5.41, 5.74) is 7.36. The first kappa shape index (κ1) is 14.0. The van der Waals surface area contributed by atoms with Gasteiger partial charge in [0.25, 0.3) is 0 Å². The third kappa shape index (κ3) is 3.76. The molecule has 1 aromatic carbocycles. The highest BCUT2D eigenvalue weighted by Crippen LogP contribution is 2.09. The van der Waals surface area contributed by atoms with Crippen molar-refractivity contribution in [1.29, 1.82) is 0 Å². The molecule has 2 rings (SSSR count). The Balaban J connectivity index is 2.03. The summed E-state index contributed by atoms with van der Waals surface area (Å²) in [6, 6.07) is 9.38. The van der Waals surface area contributed by atoms with Gasteiger partial charge >= 0.3 is 0 Å². The molecule has 1 aromatic heterocycles. The lowest BCUT2D eigenvalue weighted by atomic mass is 10.1. The van der Waals surface area contributed by atoms with Crippen LogP contribution in [0.1, 0.15) is 17.0 Å². The van der Waals surface area contributed by atoms with E-state index in [9.17, 15) is 0 Å². The average Bonchev–Trinajstić information content (AvgIpc) is 2.47. The van der Waals surface area contributed by atoms with Gasteiger partial charge in [-0.25, -0.2) is 9.97 Å². The Morgan fingerprint density at radius 3 is 2.70 bits per heavy atom. The van der Waals surface area contributed by atoms with Gasteiger partial charge in [0.15, 0.2) is 5.84 Å². The molecule has 0 saturated heterocycles. The van der Waals surface area contributed by atoms with Gasteiger partial charge in [-0.3, -0.25) is 4.90 Å². The van der Waals surface area contributed by atoms with Gasteiger partial charge in [0.2, 0.25) is 0 Å².